The number of rotatable bonds is 10. The Bertz CT molecular complexity index is 407. The number of amides is 1. The summed E-state index contributed by atoms with van der Waals surface area (Å²) in [6.45, 7) is 6.13. The number of carbonyl (C=O) groups is 1. The van der Waals surface area contributed by atoms with E-state index in [9.17, 15) is 4.79 Å². The standard InChI is InChI=1S/C18H30N2O/c1-3-5-9-13-20(14-10-6-4-2)18(21)15-16-11-7-8-12-17(16)19/h7-8,11-12H,3-6,9-10,13-15,19H2,1-2H3. The molecule has 0 heterocycles. The second kappa shape index (κ2) is 10.3. The summed E-state index contributed by atoms with van der Waals surface area (Å²) in [6.07, 6.45) is 7.35. The van der Waals surface area contributed by atoms with Crippen molar-refractivity contribution in [2.24, 2.45) is 0 Å². The highest BCUT2D eigenvalue weighted by Crippen LogP contribution is 2.13. The van der Waals surface area contributed by atoms with Crippen molar-refractivity contribution in [3.63, 3.8) is 0 Å². The van der Waals surface area contributed by atoms with Crippen LogP contribution in [-0.2, 0) is 11.2 Å². The fourth-order valence-electron chi connectivity index (χ4n) is 2.44. The van der Waals surface area contributed by atoms with E-state index in [2.05, 4.69) is 13.8 Å². The van der Waals surface area contributed by atoms with Crippen molar-refractivity contribution in [3.05, 3.63) is 29.8 Å². The molecule has 0 saturated heterocycles. The summed E-state index contributed by atoms with van der Waals surface area (Å²) in [5.41, 5.74) is 7.60. The van der Waals surface area contributed by atoms with Gasteiger partial charge in [-0.3, -0.25) is 4.79 Å². The summed E-state index contributed by atoms with van der Waals surface area (Å²) in [5.74, 6) is 0.208. The first-order valence-corrected chi connectivity index (χ1v) is 8.30. The average Bonchev–Trinajstić information content (AvgIpc) is 2.48. The summed E-state index contributed by atoms with van der Waals surface area (Å²) in [7, 11) is 0. The monoisotopic (exact) mass is 290 g/mol. The molecule has 0 aromatic heterocycles. The SMILES string of the molecule is CCCCCN(CCCCC)C(=O)Cc1ccccc1N. The van der Waals surface area contributed by atoms with E-state index >= 15 is 0 Å². The van der Waals surface area contributed by atoms with Gasteiger partial charge in [-0.05, 0) is 24.5 Å². The van der Waals surface area contributed by atoms with Gasteiger partial charge in [0, 0.05) is 18.8 Å². The quantitative estimate of drug-likeness (QED) is 0.522. The van der Waals surface area contributed by atoms with Gasteiger partial charge in [0.05, 0.1) is 6.42 Å². The Hall–Kier alpha value is -1.51. The van der Waals surface area contributed by atoms with Gasteiger partial charge in [0.2, 0.25) is 5.91 Å². The predicted octanol–water partition coefficient (Wildman–Crippen LogP) is 4.02. The number of nitrogens with two attached hydrogens (primary N) is 1. The highest BCUT2D eigenvalue weighted by Gasteiger charge is 2.14. The van der Waals surface area contributed by atoms with Crippen molar-refractivity contribution < 1.29 is 4.79 Å². The van der Waals surface area contributed by atoms with E-state index in [0.29, 0.717) is 12.1 Å². The molecule has 3 nitrogen and oxygen atoms in total. The summed E-state index contributed by atoms with van der Waals surface area (Å²) in [5, 5.41) is 0. The van der Waals surface area contributed by atoms with Crippen molar-refractivity contribution >= 4 is 11.6 Å². The predicted molar refractivity (Wildman–Crippen MR) is 90.2 cm³/mol. The zero-order chi connectivity index (χ0) is 15.5. The first-order valence-electron chi connectivity index (χ1n) is 8.30. The number of unbranched alkanes of at least 4 members (excludes halogenated alkanes) is 4. The number of nitrogens with zero attached hydrogens (tertiary/aromatic N) is 1. The molecule has 0 saturated carbocycles. The molecule has 1 rings (SSSR count). The van der Waals surface area contributed by atoms with Gasteiger partial charge in [0.1, 0.15) is 0 Å². The maximum atomic E-state index is 12.5. The maximum Gasteiger partial charge on any atom is 0.227 e. The van der Waals surface area contributed by atoms with E-state index in [1.807, 2.05) is 29.2 Å². The number of anilines is 1. The van der Waals surface area contributed by atoms with Gasteiger partial charge in [0.15, 0.2) is 0 Å². The molecule has 118 valence electrons. The van der Waals surface area contributed by atoms with Gasteiger partial charge in [-0.15, -0.1) is 0 Å². The molecule has 0 aliphatic rings. The Morgan fingerprint density at radius 1 is 1.00 bits per heavy atom. The topological polar surface area (TPSA) is 46.3 Å². The van der Waals surface area contributed by atoms with Crippen LogP contribution in [0.25, 0.3) is 0 Å². The lowest BCUT2D eigenvalue weighted by Gasteiger charge is -2.23. The minimum absolute atomic E-state index is 0.208. The van der Waals surface area contributed by atoms with E-state index in [4.69, 9.17) is 5.73 Å². The average molecular weight is 290 g/mol. The van der Waals surface area contributed by atoms with E-state index in [1.54, 1.807) is 0 Å². The van der Waals surface area contributed by atoms with Gasteiger partial charge in [-0.2, -0.15) is 0 Å². The van der Waals surface area contributed by atoms with Crippen LogP contribution in [-0.4, -0.2) is 23.9 Å². The molecule has 0 unspecified atom stereocenters. The smallest absolute Gasteiger partial charge is 0.227 e. The van der Waals surface area contributed by atoms with Crippen LogP contribution in [0.2, 0.25) is 0 Å². The van der Waals surface area contributed by atoms with E-state index < -0.39 is 0 Å². The molecular weight excluding hydrogens is 260 g/mol. The van der Waals surface area contributed by atoms with Crippen LogP contribution in [0.15, 0.2) is 24.3 Å². The molecule has 1 aromatic rings. The molecule has 1 amide bonds. The van der Waals surface area contributed by atoms with E-state index in [0.717, 1.165) is 31.5 Å². The van der Waals surface area contributed by atoms with Crippen molar-refractivity contribution in [2.45, 2.75) is 58.8 Å². The normalized spacial score (nSPS) is 10.6. The van der Waals surface area contributed by atoms with E-state index in [1.165, 1.54) is 25.7 Å². The molecule has 0 atom stereocenters. The molecular formula is C18H30N2O. The molecule has 0 bridgehead atoms. The number of hydrogen-bond donors (Lipinski definition) is 1. The number of para-hydroxylation sites is 1. The Balaban J connectivity index is 2.58. The number of carbonyl (C=O) groups excluding carboxylic acids is 1. The third kappa shape index (κ3) is 6.65. The van der Waals surface area contributed by atoms with Gasteiger partial charge in [-0.25, -0.2) is 0 Å². The van der Waals surface area contributed by atoms with Crippen molar-refractivity contribution in [1.82, 2.24) is 4.90 Å². The van der Waals surface area contributed by atoms with Gasteiger partial charge in [0.25, 0.3) is 0 Å². The fourth-order valence-corrected chi connectivity index (χ4v) is 2.44. The summed E-state index contributed by atoms with van der Waals surface area (Å²) in [4.78, 5) is 14.5. The van der Waals surface area contributed by atoms with Crippen LogP contribution >= 0.6 is 0 Å². The van der Waals surface area contributed by atoms with Crippen LogP contribution < -0.4 is 5.73 Å². The third-order valence-corrected chi connectivity index (χ3v) is 3.81. The summed E-state index contributed by atoms with van der Waals surface area (Å²) in [6, 6.07) is 7.66. The zero-order valence-electron chi connectivity index (χ0n) is 13.6. The Kier molecular flexibility index (Phi) is 8.56. The minimum Gasteiger partial charge on any atom is -0.398 e. The van der Waals surface area contributed by atoms with Crippen LogP contribution in [0.3, 0.4) is 0 Å². The van der Waals surface area contributed by atoms with Gasteiger partial charge >= 0.3 is 0 Å². The number of nitrogen functional groups attached to an aromatic ring is 1. The van der Waals surface area contributed by atoms with Crippen molar-refractivity contribution in [1.29, 1.82) is 0 Å². The Morgan fingerprint density at radius 3 is 2.10 bits per heavy atom. The van der Waals surface area contributed by atoms with Crippen molar-refractivity contribution in [3.8, 4) is 0 Å². The molecule has 0 aliphatic heterocycles. The molecule has 3 heteroatoms. The van der Waals surface area contributed by atoms with Crippen LogP contribution in [0, 0.1) is 0 Å². The lowest BCUT2D eigenvalue weighted by molar-refractivity contribution is -0.130. The second-order valence-corrected chi connectivity index (χ2v) is 5.67. The summed E-state index contributed by atoms with van der Waals surface area (Å²) >= 11 is 0. The molecule has 0 aliphatic carbocycles. The van der Waals surface area contributed by atoms with Gasteiger partial charge < -0.3 is 10.6 Å². The van der Waals surface area contributed by atoms with Gasteiger partial charge in [-0.1, -0.05) is 57.7 Å². The second-order valence-electron chi connectivity index (χ2n) is 5.67. The molecule has 0 radical (unpaired) electrons. The van der Waals surface area contributed by atoms with E-state index in [-0.39, 0.29) is 5.91 Å². The molecule has 2 N–H and O–H groups in total. The van der Waals surface area contributed by atoms with Crippen molar-refractivity contribution in [2.75, 3.05) is 18.8 Å². The van der Waals surface area contributed by atoms with Crippen LogP contribution in [0.5, 0.6) is 0 Å². The fraction of sp³-hybridized carbons (Fsp3) is 0.611. The summed E-state index contributed by atoms with van der Waals surface area (Å²) < 4.78 is 0. The first-order chi connectivity index (χ1) is 10.2. The van der Waals surface area contributed by atoms with Crippen LogP contribution in [0.1, 0.15) is 57.9 Å². The largest absolute Gasteiger partial charge is 0.398 e. The molecule has 21 heavy (non-hydrogen) atoms. The highest BCUT2D eigenvalue weighted by molar-refractivity contribution is 5.80. The first kappa shape index (κ1) is 17.5. The van der Waals surface area contributed by atoms with Crippen LogP contribution in [0.4, 0.5) is 5.69 Å². The lowest BCUT2D eigenvalue weighted by atomic mass is 10.1. The highest BCUT2D eigenvalue weighted by atomic mass is 16.2. The Labute approximate surface area is 129 Å². The molecule has 0 fully saturated rings. The third-order valence-electron chi connectivity index (χ3n) is 3.81. The number of hydrogen-bond acceptors (Lipinski definition) is 2. The number of benzene rings is 1. The lowest BCUT2D eigenvalue weighted by Crippen LogP contribution is -2.34. The zero-order valence-corrected chi connectivity index (χ0v) is 13.6. The molecule has 0 spiro atoms. The molecule has 1 aromatic carbocycles. The Morgan fingerprint density at radius 2 is 1.57 bits per heavy atom. The minimum atomic E-state index is 0.208. The maximum absolute atomic E-state index is 12.5.